The summed E-state index contributed by atoms with van der Waals surface area (Å²) in [5.41, 5.74) is 12.5. The number of aromatic hydroxyl groups is 1. The maximum absolute atomic E-state index is 14.4. The number of aliphatic hydroxyl groups excluding tert-OH is 4. The van der Waals surface area contributed by atoms with Gasteiger partial charge in [0.15, 0.2) is 6.23 Å². The Kier molecular flexibility index (Phi) is 22.0. The summed E-state index contributed by atoms with van der Waals surface area (Å²) in [7, 11) is 1.19. The maximum Gasteiger partial charge on any atom is 0.243 e. The zero-order valence-corrected chi connectivity index (χ0v) is 38.5. The van der Waals surface area contributed by atoms with Crippen molar-refractivity contribution >= 4 is 41.4 Å². The van der Waals surface area contributed by atoms with Crippen molar-refractivity contribution in [3.05, 3.63) is 65.7 Å². The van der Waals surface area contributed by atoms with Crippen molar-refractivity contribution in [1.82, 2.24) is 37.0 Å². The van der Waals surface area contributed by atoms with Gasteiger partial charge in [0, 0.05) is 13.0 Å². The van der Waals surface area contributed by atoms with Crippen LogP contribution in [0.1, 0.15) is 52.2 Å². The van der Waals surface area contributed by atoms with Crippen LogP contribution in [0.5, 0.6) is 5.75 Å². The molecule has 11 atom stereocenters. The monoisotopic (exact) mass is 945 g/mol. The van der Waals surface area contributed by atoms with Gasteiger partial charge in [-0.05, 0) is 54.9 Å². The number of hydrogen-bond acceptors (Lipinski definition) is 16. The topological polar surface area (TPSA) is 367 Å². The molecule has 372 valence electrons. The number of hydroxylamine groups is 2. The zero-order chi connectivity index (χ0) is 50.1. The molecule has 1 fully saturated rings. The van der Waals surface area contributed by atoms with E-state index < -0.39 is 133 Å². The highest BCUT2D eigenvalue weighted by Gasteiger charge is 2.46. The minimum Gasteiger partial charge on any atom is -0.508 e. The molecular formula is C44H67N9O14. The number of nitrogens with one attached hydrogen (secondary N) is 6. The van der Waals surface area contributed by atoms with E-state index in [-0.39, 0.29) is 31.6 Å². The van der Waals surface area contributed by atoms with Crippen molar-refractivity contribution in [1.29, 1.82) is 0 Å². The Morgan fingerprint density at radius 3 is 1.81 bits per heavy atom. The standard InChI is InChI=1S/C44H67N9O14/c1-22(2)33(42(64)47-20-32(46)56)52-43(65)34(23(3)4)51-40(62)29(16-17-53(66-6)44-37(59)36(58)35(57)31(21-54)67-44)49-41(63)30(19-25-10-8-7-9-11-25)50-38(60)24(5)48-39(61)28(45)18-26-12-14-27(55)15-13-26/h7-15,22-24,28-31,33-37,44,54-55,57-59H,16-21,45H2,1-6H3,(H2,46,56)(H,47,64)(H,48,61)(H,49,63)(H,50,60)(H,51,62)(H,52,65)/t24-,28+,29+,30+,31-,33+,34+,35-,36+,37-,44-/m1/s1. The van der Waals surface area contributed by atoms with Gasteiger partial charge in [0.25, 0.3) is 0 Å². The Morgan fingerprint density at radius 1 is 0.687 bits per heavy atom. The molecule has 1 aliphatic heterocycles. The van der Waals surface area contributed by atoms with Gasteiger partial charge < -0.3 is 73.6 Å². The van der Waals surface area contributed by atoms with Crippen LogP contribution in [0, 0.1) is 11.8 Å². The number of phenols is 1. The van der Waals surface area contributed by atoms with Crippen LogP contribution in [0.15, 0.2) is 54.6 Å². The second-order valence-corrected chi connectivity index (χ2v) is 17.0. The third kappa shape index (κ3) is 16.8. The molecule has 1 heterocycles. The van der Waals surface area contributed by atoms with Gasteiger partial charge in [-0.3, -0.25) is 38.4 Å². The van der Waals surface area contributed by atoms with Crippen molar-refractivity contribution in [3.63, 3.8) is 0 Å². The summed E-state index contributed by atoms with van der Waals surface area (Å²) < 4.78 is 5.64. The minimum atomic E-state index is -1.78. The lowest BCUT2D eigenvalue weighted by atomic mass is 9.98. The second kappa shape index (κ2) is 26.5. The molecule has 3 rings (SSSR count). The average Bonchev–Trinajstić information content (AvgIpc) is 3.28. The number of nitrogens with zero attached hydrogens (tertiary/aromatic N) is 1. The normalized spacial score (nSPS) is 21.0. The van der Waals surface area contributed by atoms with Gasteiger partial charge in [-0.1, -0.05) is 70.2 Å². The Morgan fingerprint density at radius 2 is 1.24 bits per heavy atom. The molecule has 0 aromatic heterocycles. The quantitative estimate of drug-likeness (QED) is 0.0421. The maximum atomic E-state index is 14.4. The van der Waals surface area contributed by atoms with E-state index in [4.69, 9.17) is 21.0 Å². The first-order chi connectivity index (χ1) is 31.6. The highest BCUT2D eigenvalue weighted by Crippen LogP contribution is 2.24. The van der Waals surface area contributed by atoms with Crippen LogP contribution in [0.3, 0.4) is 0 Å². The van der Waals surface area contributed by atoms with Crippen molar-refractivity contribution in [2.75, 3.05) is 26.8 Å². The molecular weight excluding hydrogens is 879 g/mol. The molecule has 0 aliphatic carbocycles. The van der Waals surface area contributed by atoms with E-state index in [0.29, 0.717) is 11.1 Å². The average molecular weight is 946 g/mol. The number of nitrogens with two attached hydrogens (primary N) is 2. The van der Waals surface area contributed by atoms with Crippen LogP contribution in [0.4, 0.5) is 0 Å². The largest absolute Gasteiger partial charge is 0.508 e. The summed E-state index contributed by atoms with van der Waals surface area (Å²) in [4.78, 5) is 98.9. The van der Waals surface area contributed by atoms with Gasteiger partial charge in [0.1, 0.15) is 60.4 Å². The molecule has 1 aliphatic rings. The van der Waals surface area contributed by atoms with Gasteiger partial charge in [-0.15, -0.1) is 0 Å². The summed E-state index contributed by atoms with van der Waals surface area (Å²) >= 11 is 0. The van der Waals surface area contributed by atoms with Crippen LogP contribution in [-0.4, -0.2) is 166 Å². The van der Waals surface area contributed by atoms with E-state index >= 15 is 0 Å². The Balaban J connectivity index is 1.93. The van der Waals surface area contributed by atoms with E-state index in [9.17, 15) is 59.1 Å². The number of carbonyl (C=O) groups excluding carboxylic acids is 7. The molecule has 0 bridgehead atoms. The molecule has 7 amide bonds. The zero-order valence-electron chi connectivity index (χ0n) is 38.5. The third-order valence-corrected chi connectivity index (χ3v) is 11.0. The minimum absolute atomic E-state index is 0.0308. The summed E-state index contributed by atoms with van der Waals surface area (Å²) in [5.74, 6) is -6.61. The van der Waals surface area contributed by atoms with Gasteiger partial charge >= 0.3 is 0 Å². The molecule has 0 radical (unpaired) electrons. The highest BCUT2D eigenvalue weighted by molar-refractivity contribution is 5.97. The number of rotatable bonds is 25. The first-order valence-corrected chi connectivity index (χ1v) is 21.8. The molecule has 67 heavy (non-hydrogen) atoms. The van der Waals surface area contributed by atoms with Gasteiger partial charge in [-0.2, -0.15) is 5.06 Å². The van der Waals surface area contributed by atoms with Crippen LogP contribution in [0.25, 0.3) is 0 Å². The number of ether oxygens (including phenoxy) is 1. The number of hydrogen-bond donors (Lipinski definition) is 13. The predicted octanol–water partition coefficient (Wildman–Crippen LogP) is -4.08. The second-order valence-electron chi connectivity index (χ2n) is 17.0. The lowest BCUT2D eigenvalue weighted by Crippen LogP contribution is -2.64. The molecule has 2 aromatic carbocycles. The first kappa shape index (κ1) is 55.5. The summed E-state index contributed by atoms with van der Waals surface area (Å²) in [5, 5.41) is 67.4. The smallest absolute Gasteiger partial charge is 0.243 e. The fourth-order valence-electron chi connectivity index (χ4n) is 7.01. The van der Waals surface area contributed by atoms with E-state index in [2.05, 4.69) is 31.9 Å². The number of amides is 7. The van der Waals surface area contributed by atoms with E-state index in [1.54, 1.807) is 70.2 Å². The lowest BCUT2D eigenvalue weighted by Gasteiger charge is -2.43. The Bertz CT molecular complexity index is 1960. The fraction of sp³-hybridized carbons (Fsp3) is 0.568. The van der Waals surface area contributed by atoms with Gasteiger partial charge in [-0.25, -0.2) is 0 Å². The van der Waals surface area contributed by atoms with Crippen molar-refractivity contribution < 1.29 is 68.7 Å². The third-order valence-electron chi connectivity index (χ3n) is 11.0. The van der Waals surface area contributed by atoms with Crippen molar-refractivity contribution in [3.8, 4) is 5.75 Å². The molecule has 0 unspecified atom stereocenters. The summed E-state index contributed by atoms with van der Waals surface area (Å²) in [6.45, 7) is 6.35. The molecule has 23 heteroatoms. The van der Waals surface area contributed by atoms with Crippen LogP contribution < -0.4 is 43.4 Å². The SMILES string of the molecule is CON(CC[C@H](NC(=O)[C@H](Cc1ccccc1)NC(=O)[C@@H](C)NC(=O)[C@@H](N)Cc1ccc(O)cc1)C(=O)N[C@H](C(=O)N[C@H](C(=O)NCC(N)=O)C(C)C)C(C)C)[C@@H]1O[C@H](CO)[C@@H](O)[C@H](O)[C@H]1O. The number of benzene rings is 2. The Hall–Kier alpha value is -5.79. The molecule has 23 nitrogen and oxygen atoms in total. The first-order valence-electron chi connectivity index (χ1n) is 21.8. The molecule has 1 saturated heterocycles. The number of primary amides is 1. The number of phenolic OH excluding ortho intramolecular Hbond substituents is 1. The molecule has 15 N–H and O–H groups in total. The highest BCUT2D eigenvalue weighted by atomic mass is 16.7. The molecule has 2 aromatic rings. The Labute approximate surface area is 388 Å². The number of aliphatic hydroxyl groups is 4. The number of carbonyl (C=O) groups is 7. The fourth-order valence-corrected chi connectivity index (χ4v) is 7.01. The van der Waals surface area contributed by atoms with E-state index in [1.165, 1.54) is 26.2 Å². The van der Waals surface area contributed by atoms with E-state index in [1.807, 2.05) is 0 Å². The van der Waals surface area contributed by atoms with Crippen LogP contribution in [0.2, 0.25) is 0 Å². The van der Waals surface area contributed by atoms with Gasteiger partial charge in [0.05, 0.1) is 26.3 Å². The summed E-state index contributed by atoms with van der Waals surface area (Å²) in [6, 6.07) is 6.95. The van der Waals surface area contributed by atoms with Crippen molar-refractivity contribution in [2.24, 2.45) is 23.3 Å². The molecule has 0 saturated carbocycles. The summed E-state index contributed by atoms with van der Waals surface area (Å²) in [6.07, 6.45) is -8.44. The predicted molar refractivity (Wildman–Crippen MR) is 239 cm³/mol. The van der Waals surface area contributed by atoms with Crippen LogP contribution >= 0.6 is 0 Å². The van der Waals surface area contributed by atoms with Crippen LogP contribution in [-0.2, 0) is 56.0 Å². The van der Waals surface area contributed by atoms with E-state index in [0.717, 1.165) is 5.06 Å². The lowest BCUT2D eigenvalue weighted by molar-refractivity contribution is -0.328. The van der Waals surface area contributed by atoms with Crippen molar-refractivity contribution in [2.45, 2.75) is 121 Å². The van der Waals surface area contributed by atoms with Gasteiger partial charge in [0.2, 0.25) is 41.4 Å². The molecule has 0 spiro atoms.